The maximum atomic E-state index is 11.8. The van der Waals surface area contributed by atoms with E-state index in [0.717, 1.165) is 25.1 Å². The number of carbonyl (C=O) groups is 1. The van der Waals surface area contributed by atoms with E-state index in [1.165, 1.54) is 13.2 Å². The normalized spacial score (nSPS) is 17.9. The number of nitro benzene ring substituents is 1. The van der Waals surface area contributed by atoms with Crippen molar-refractivity contribution in [2.24, 2.45) is 5.92 Å². The highest BCUT2D eigenvalue weighted by atomic mass is 16.6. The van der Waals surface area contributed by atoms with E-state index >= 15 is 0 Å². The minimum absolute atomic E-state index is 0.0372. The third-order valence-electron chi connectivity index (χ3n) is 4.02. The minimum atomic E-state index is -0.454. The summed E-state index contributed by atoms with van der Waals surface area (Å²) in [4.78, 5) is 24.5. The summed E-state index contributed by atoms with van der Waals surface area (Å²) in [6.45, 7) is 5.29. The Hall–Kier alpha value is -2.31. The van der Waals surface area contributed by atoms with Crippen LogP contribution in [0, 0.1) is 16.0 Å². The molecule has 7 heteroatoms. The molecule has 0 aliphatic carbocycles. The van der Waals surface area contributed by atoms with Gasteiger partial charge in [-0.3, -0.25) is 14.9 Å². The molecule has 0 radical (unpaired) electrons. The summed E-state index contributed by atoms with van der Waals surface area (Å²) in [5.74, 6) is 0.267. The van der Waals surface area contributed by atoms with Gasteiger partial charge in [0.05, 0.1) is 12.0 Å². The average Bonchev–Trinajstić information content (AvgIpc) is 2.54. The molecule has 1 aliphatic rings. The number of ether oxygens (including phenoxy) is 1. The molecular weight excluding hydrogens is 298 g/mol. The SMILES string of the molecule is COc1cc(N2CCCC(NC(=O)C(C)C)C2)ccc1[N+](=O)[O-]. The van der Waals surface area contributed by atoms with Gasteiger partial charge < -0.3 is 15.0 Å². The Labute approximate surface area is 135 Å². The summed E-state index contributed by atoms with van der Waals surface area (Å²) < 4.78 is 5.12. The van der Waals surface area contributed by atoms with Crippen molar-refractivity contribution in [3.05, 3.63) is 28.3 Å². The van der Waals surface area contributed by atoms with E-state index < -0.39 is 4.92 Å². The fraction of sp³-hybridized carbons (Fsp3) is 0.562. The largest absolute Gasteiger partial charge is 0.490 e. The van der Waals surface area contributed by atoms with Crippen LogP contribution in [0.5, 0.6) is 5.75 Å². The molecule has 1 aliphatic heterocycles. The van der Waals surface area contributed by atoms with Crippen LogP contribution in [0.15, 0.2) is 18.2 Å². The smallest absolute Gasteiger partial charge is 0.311 e. The minimum Gasteiger partial charge on any atom is -0.490 e. The molecule has 1 unspecified atom stereocenters. The number of benzene rings is 1. The Balaban J connectivity index is 2.12. The molecule has 1 atom stereocenters. The lowest BCUT2D eigenvalue weighted by Gasteiger charge is -2.35. The van der Waals surface area contributed by atoms with Crippen LogP contribution in [-0.4, -0.2) is 37.1 Å². The lowest BCUT2D eigenvalue weighted by molar-refractivity contribution is -0.385. The summed E-state index contributed by atoms with van der Waals surface area (Å²) in [6, 6.07) is 4.97. The van der Waals surface area contributed by atoms with Crippen LogP contribution in [0.25, 0.3) is 0 Å². The highest BCUT2D eigenvalue weighted by Gasteiger charge is 2.24. The molecular formula is C16H23N3O4. The molecule has 1 N–H and O–H groups in total. The number of hydrogen-bond donors (Lipinski definition) is 1. The van der Waals surface area contributed by atoms with Gasteiger partial charge in [-0.25, -0.2) is 0 Å². The van der Waals surface area contributed by atoms with Gasteiger partial charge in [-0.05, 0) is 18.9 Å². The number of amides is 1. The van der Waals surface area contributed by atoms with Crippen LogP contribution in [0.4, 0.5) is 11.4 Å². The first-order valence-corrected chi connectivity index (χ1v) is 7.80. The zero-order chi connectivity index (χ0) is 17.0. The molecule has 1 aromatic rings. The molecule has 0 saturated carbocycles. The molecule has 7 nitrogen and oxygen atoms in total. The first kappa shape index (κ1) is 17.1. The number of nitro groups is 1. The fourth-order valence-electron chi connectivity index (χ4n) is 2.71. The predicted octanol–water partition coefficient (Wildman–Crippen LogP) is 2.34. The highest BCUT2D eigenvalue weighted by Crippen LogP contribution is 2.32. The van der Waals surface area contributed by atoms with E-state index in [2.05, 4.69) is 10.2 Å². The number of nitrogens with zero attached hydrogens (tertiary/aromatic N) is 2. The molecule has 1 amide bonds. The quantitative estimate of drug-likeness (QED) is 0.664. The van der Waals surface area contributed by atoms with Crippen LogP contribution in [0.1, 0.15) is 26.7 Å². The fourth-order valence-corrected chi connectivity index (χ4v) is 2.71. The van der Waals surface area contributed by atoms with E-state index in [9.17, 15) is 14.9 Å². The van der Waals surface area contributed by atoms with Crippen molar-refractivity contribution in [1.82, 2.24) is 5.32 Å². The zero-order valence-corrected chi connectivity index (χ0v) is 13.7. The van der Waals surface area contributed by atoms with E-state index in [4.69, 9.17) is 4.74 Å². The first-order chi connectivity index (χ1) is 10.9. The van der Waals surface area contributed by atoms with Crippen LogP contribution in [0.2, 0.25) is 0 Å². The number of carbonyl (C=O) groups excluding carboxylic acids is 1. The van der Waals surface area contributed by atoms with Crippen molar-refractivity contribution in [2.75, 3.05) is 25.1 Å². The van der Waals surface area contributed by atoms with Crippen molar-refractivity contribution in [2.45, 2.75) is 32.7 Å². The van der Waals surface area contributed by atoms with Crippen molar-refractivity contribution in [3.63, 3.8) is 0 Å². The van der Waals surface area contributed by atoms with E-state index in [1.807, 2.05) is 13.8 Å². The third kappa shape index (κ3) is 4.12. The van der Waals surface area contributed by atoms with Gasteiger partial charge in [0.1, 0.15) is 0 Å². The molecule has 0 spiro atoms. The van der Waals surface area contributed by atoms with E-state index in [0.29, 0.717) is 6.54 Å². The monoisotopic (exact) mass is 321 g/mol. The van der Waals surface area contributed by atoms with Gasteiger partial charge in [-0.2, -0.15) is 0 Å². The average molecular weight is 321 g/mol. The first-order valence-electron chi connectivity index (χ1n) is 7.80. The van der Waals surface area contributed by atoms with E-state index in [-0.39, 0.29) is 29.3 Å². The maximum Gasteiger partial charge on any atom is 0.311 e. The summed E-state index contributed by atoms with van der Waals surface area (Å²) >= 11 is 0. The van der Waals surface area contributed by atoms with Crippen LogP contribution in [0.3, 0.4) is 0 Å². The molecule has 1 heterocycles. The van der Waals surface area contributed by atoms with E-state index in [1.54, 1.807) is 12.1 Å². The molecule has 2 rings (SSSR count). The Morgan fingerprint density at radius 1 is 1.48 bits per heavy atom. The maximum absolute atomic E-state index is 11.8. The Morgan fingerprint density at radius 2 is 2.22 bits per heavy atom. The van der Waals surface area contributed by atoms with Crippen LogP contribution in [-0.2, 0) is 4.79 Å². The molecule has 1 fully saturated rings. The molecule has 1 saturated heterocycles. The standard InChI is InChI=1S/C16H23N3O4/c1-11(2)16(20)17-12-5-4-8-18(10-12)13-6-7-14(19(21)22)15(9-13)23-3/h6-7,9,11-12H,4-5,8,10H2,1-3H3,(H,17,20). The zero-order valence-electron chi connectivity index (χ0n) is 13.7. The second-order valence-electron chi connectivity index (χ2n) is 6.06. The Kier molecular flexibility index (Phi) is 5.41. The molecule has 0 bridgehead atoms. The predicted molar refractivity (Wildman–Crippen MR) is 87.9 cm³/mol. The van der Waals surface area contributed by atoms with Gasteiger partial charge in [0.25, 0.3) is 0 Å². The van der Waals surface area contributed by atoms with Gasteiger partial charge in [-0.1, -0.05) is 13.8 Å². The Bertz CT molecular complexity index is 589. The topological polar surface area (TPSA) is 84.7 Å². The number of piperidine rings is 1. The second-order valence-corrected chi connectivity index (χ2v) is 6.06. The number of rotatable bonds is 5. The number of nitrogens with one attached hydrogen (secondary N) is 1. The second kappa shape index (κ2) is 7.30. The molecule has 0 aromatic heterocycles. The van der Waals surface area contributed by atoms with Crippen molar-refractivity contribution < 1.29 is 14.5 Å². The van der Waals surface area contributed by atoms with Crippen molar-refractivity contribution >= 4 is 17.3 Å². The highest BCUT2D eigenvalue weighted by molar-refractivity contribution is 5.78. The van der Waals surface area contributed by atoms with Gasteiger partial charge in [0.15, 0.2) is 5.75 Å². The molecule has 126 valence electrons. The van der Waals surface area contributed by atoms with Crippen molar-refractivity contribution in [1.29, 1.82) is 0 Å². The lowest BCUT2D eigenvalue weighted by atomic mass is 10.0. The van der Waals surface area contributed by atoms with Gasteiger partial charge in [0, 0.05) is 42.9 Å². The molecule has 23 heavy (non-hydrogen) atoms. The lowest BCUT2D eigenvalue weighted by Crippen LogP contribution is -2.48. The summed E-state index contributed by atoms with van der Waals surface area (Å²) in [5.41, 5.74) is 0.828. The number of hydrogen-bond acceptors (Lipinski definition) is 5. The van der Waals surface area contributed by atoms with Gasteiger partial charge in [-0.15, -0.1) is 0 Å². The van der Waals surface area contributed by atoms with Gasteiger partial charge >= 0.3 is 5.69 Å². The Morgan fingerprint density at radius 3 is 2.83 bits per heavy atom. The third-order valence-corrected chi connectivity index (χ3v) is 4.02. The molecule has 1 aromatic carbocycles. The summed E-state index contributed by atoms with van der Waals surface area (Å²) in [6.07, 6.45) is 1.90. The number of methoxy groups -OCH3 is 1. The number of anilines is 1. The van der Waals surface area contributed by atoms with Gasteiger partial charge in [0.2, 0.25) is 5.91 Å². The van der Waals surface area contributed by atoms with Crippen LogP contribution >= 0.6 is 0 Å². The van der Waals surface area contributed by atoms with Crippen LogP contribution < -0.4 is 15.0 Å². The van der Waals surface area contributed by atoms with Crippen molar-refractivity contribution in [3.8, 4) is 5.75 Å². The summed E-state index contributed by atoms with van der Waals surface area (Å²) in [5, 5.41) is 14.0. The summed E-state index contributed by atoms with van der Waals surface area (Å²) in [7, 11) is 1.42.